The Morgan fingerprint density at radius 3 is 2.47 bits per heavy atom. The monoisotopic (exact) mass is 238 g/mol. The van der Waals surface area contributed by atoms with Crippen LogP contribution in [0.2, 0.25) is 0 Å². The fourth-order valence-corrected chi connectivity index (χ4v) is 1.67. The Hall–Kier alpha value is -1.71. The van der Waals surface area contributed by atoms with Crippen LogP contribution in [0.5, 0.6) is 11.5 Å². The molecule has 0 aliphatic carbocycles. The Morgan fingerprint density at radius 1 is 1.24 bits per heavy atom. The highest BCUT2D eigenvalue weighted by Crippen LogP contribution is 2.32. The van der Waals surface area contributed by atoms with Crippen LogP contribution in [0.1, 0.15) is 24.8 Å². The first-order chi connectivity index (χ1) is 8.12. The number of carbonyl (C=O) groups is 1. The Morgan fingerprint density at radius 2 is 1.94 bits per heavy atom. The summed E-state index contributed by atoms with van der Waals surface area (Å²) in [4.78, 5) is 11.2. The van der Waals surface area contributed by atoms with Gasteiger partial charge in [0.25, 0.3) is 0 Å². The van der Waals surface area contributed by atoms with Crippen LogP contribution in [-0.2, 0) is 9.53 Å². The molecule has 0 amide bonds. The molecule has 94 valence electrons. The highest BCUT2D eigenvalue weighted by atomic mass is 16.5. The van der Waals surface area contributed by atoms with Gasteiger partial charge in [-0.3, -0.25) is 4.79 Å². The van der Waals surface area contributed by atoms with E-state index < -0.39 is 0 Å². The average Bonchev–Trinajstić information content (AvgIpc) is 2.37. The van der Waals surface area contributed by atoms with Crippen LogP contribution in [0.3, 0.4) is 0 Å². The van der Waals surface area contributed by atoms with Gasteiger partial charge in [0.05, 0.1) is 27.8 Å². The van der Waals surface area contributed by atoms with Crippen LogP contribution < -0.4 is 9.47 Å². The van der Waals surface area contributed by atoms with Crippen molar-refractivity contribution in [1.29, 1.82) is 0 Å². The van der Waals surface area contributed by atoms with Crippen molar-refractivity contribution in [3.05, 3.63) is 23.8 Å². The first-order valence-electron chi connectivity index (χ1n) is 5.41. The van der Waals surface area contributed by atoms with Crippen LogP contribution in [0, 0.1) is 0 Å². The van der Waals surface area contributed by atoms with Gasteiger partial charge in [-0.25, -0.2) is 0 Å². The maximum Gasteiger partial charge on any atom is 0.306 e. The number of benzene rings is 1. The summed E-state index contributed by atoms with van der Waals surface area (Å²) < 4.78 is 15.1. The number of carbonyl (C=O) groups excluding carboxylic acids is 1. The molecule has 4 nitrogen and oxygen atoms in total. The van der Waals surface area contributed by atoms with Crippen molar-refractivity contribution >= 4 is 5.97 Å². The second-order valence-electron chi connectivity index (χ2n) is 3.79. The molecule has 1 rings (SSSR count). The number of esters is 1. The zero-order chi connectivity index (χ0) is 12.8. The van der Waals surface area contributed by atoms with Crippen LogP contribution in [-0.4, -0.2) is 27.3 Å². The fraction of sp³-hybridized carbons (Fsp3) is 0.462. The molecule has 17 heavy (non-hydrogen) atoms. The quantitative estimate of drug-likeness (QED) is 0.739. The molecule has 1 aromatic carbocycles. The van der Waals surface area contributed by atoms with Gasteiger partial charge < -0.3 is 14.2 Å². The first-order valence-corrected chi connectivity index (χ1v) is 5.41. The average molecular weight is 238 g/mol. The molecule has 0 saturated heterocycles. The molecule has 0 spiro atoms. The van der Waals surface area contributed by atoms with Crippen molar-refractivity contribution in [1.82, 2.24) is 0 Å². The summed E-state index contributed by atoms with van der Waals surface area (Å²) in [7, 11) is 4.59. The molecular weight excluding hydrogens is 220 g/mol. The normalized spacial score (nSPS) is 11.8. The van der Waals surface area contributed by atoms with Gasteiger partial charge in [0.15, 0.2) is 0 Å². The van der Waals surface area contributed by atoms with Crippen LogP contribution in [0.4, 0.5) is 0 Å². The van der Waals surface area contributed by atoms with E-state index in [0.29, 0.717) is 6.42 Å². The predicted octanol–water partition coefficient (Wildman–Crippen LogP) is 2.37. The third kappa shape index (κ3) is 3.37. The van der Waals surface area contributed by atoms with Crippen molar-refractivity contribution in [2.45, 2.75) is 19.3 Å². The second kappa shape index (κ2) is 6.13. The van der Waals surface area contributed by atoms with E-state index in [4.69, 9.17) is 9.47 Å². The van der Waals surface area contributed by atoms with Gasteiger partial charge in [0, 0.05) is 6.07 Å². The van der Waals surface area contributed by atoms with Crippen molar-refractivity contribution in [2.75, 3.05) is 21.3 Å². The van der Waals surface area contributed by atoms with Crippen LogP contribution in [0.15, 0.2) is 18.2 Å². The van der Waals surface area contributed by atoms with Crippen molar-refractivity contribution in [3.8, 4) is 11.5 Å². The van der Waals surface area contributed by atoms with Gasteiger partial charge >= 0.3 is 5.97 Å². The summed E-state index contributed by atoms with van der Waals surface area (Å²) in [6.07, 6.45) is 0.333. The molecule has 0 saturated carbocycles. The standard InChI is InChI=1S/C13H18O4/c1-9(7-13(14)17-4)11-6-5-10(15-2)8-12(11)16-3/h5-6,8-9H,7H2,1-4H3. The highest BCUT2D eigenvalue weighted by molar-refractivity contribution is 5.70. The summed E-state index contributed by atoms with van der Waals surface area (Å²) >= 11 is 0. The van der Waals surface area contributed by atoms with Crippen LogP contribution >= 0.6 is 0 Å². The lowest BCUT2D eigenvalue weighted by Gasteiger charge is -2.15. The van der Waals surface area contributed by atoms with Gasteiger partial charge in [-0.05, 0) is 17.5 Å². The molecule has 0 fully saturated rings. The summed E-state index contributed by atoms with van der Waals surface area (Å²) in [5.74, 6) is 1.27. The summed E-state index contributed by atoms with van der Waals surface area (Å²) in [6.45, 7) is 1.96. The largest absolute Gasteiger partial charge is 0.497 e. The molecule has 1 unspecified atom stereocenters. The van der Waals surface area contributed by atoms with E-state index in [1.807, 2.05) is 25.1 Å². The minimum atomic E-state index is -0.227. The summed E-state index contributed by atoms with van der Waals surface area (Å²) in [6, 6.07) is 5.57. The lowest BCUT2D eigenvalue weighted by Crippen LogP contribution is -2.07. The van der Waals surface area contributed by atoms with E-state index in [0.717, 1.165) is 17.1 Å². The molecule has 0 radical (unpaired) electrons. The highest BCUT2D eigenvalue weighted by Gasteiger charge is 2.16. The lowest BCUT2D eigenvalue weighted by molar-refractivity contribution is -0.140. The second-order valence-corrected chi connectivity index (χ2v) is 3.79. The minimum Gasteiger partial charge on any atom is -0.497 e. The molecule has 0 aromatic heterocycles. The Balaban J connectivity index is 2.92. The van der Waals surface area contributed by atoms with Crippen molar-refractivity contribution in [3.63, 3.8) is 0 Å². The molecule has 0 N–H and O–H groups in total. The summed E-state index contributed by atoms with van der Waals surface area (Å²) in [5, 5.41) is 0. The number of ether oxygens (including phenoxy) is 3. The van der Waals surface area contributed by atoms with Gasteiger partial charge in [0.2, 0.25) is 0 Å². The van der Waals surface area contributed by atoms with E-state index in [-0.39, 0.29) is 11.9 Å². The van der Waals surface area contributed by atoms with E-state index >= 15 is 0 Å². The third-order valence-electron chi connectivity index (χ3n) is 2.67. The minimum absolute atomic E-state index is 0.0447. The molecular formula is C13H18O4. The molecule has 0 heterocycles. The molecule has 0 aliphatic heterocycles. The number of hydrogen-bond donors (Lipinski definition) is 0. The number of hydrogen-bond acceptors (Lipinski definition) is 4. The van der Waals surface area contributed by atoms with Crippen LogP contribution in [0.25, 0.3) is 0 Å². The molecule has 0 aliphatic rings. The zero-order valence-electron chi connectivity index (χ0n) is 10.6. The number of rotatable bonds is 5. The van der Waals surface area contributed by atoms with E-state index in [1.54, 1.807) is 14.2 Å². The molecule has 1 aromatic rings. The molecule has 1 atom stereocenters. The summed E-state index contributed by atoms with van der Waals surface area (Å²) in [5.41, 5.74) is 0.971. The lowest BCUT2D eigenvalue weighted by atomic mass is 9.97. The zero-order valence-corrected chi connectivity index (χ0v) is 10.6. The van der Waals surface area contributed by atoms with Gasteiger partial charge in [-0.1, -0.05) is 13.0 Å². The number of methoxy groups -OCH3 is 3. The van der Waals surface area contributed by atoms with Gasteiger partial charge in [0.1, 0.15) is 11.5 Å². The smallest absolute Gasteiger partial charge is 0.306 e. The van der Waals surface area contributed by atoms with E-state index in [1.165, 1.54) is 7.11 Å². The van der Waals surface area contributed by atoms with Gasteiger partial charge in [-0.2, -0.15) is 0 Å². The maximum absolute atomic E-state index is 11.2. The first kappa shape index (κ1) is 13.4. The van der Waals surface area contributed by atoms with E-state index in [2.05, 4.69) is 4.74 Å². The van der Waals surface area contributed by atoms with Crippen molar-refractivity contribution < 1.29 is 19.0 Å². The third-order valence-corrected chi connectivity index (χ3v) is 2.67. The SMILES string of the molecule is COC(=O)CC(C)c1ccc(OC)cc1OC. The molecule has 4 heteroatoms. The topological polar surface area (TPSA) is 44.8 Å². The Kier molecular flexibility index (Phi) is 4.82. The predicted molar refractivity (Wildman–Crippen MR) is 64.6 cm³/mol. The van der Waals surface area contributed by atoms with E-state index in [9.17, 15) is 4.79 Å². The Labute approximate surface area is 101 Å². The fourth-order valence-electron chi connectivity index (χ4n) is 1.67. The van der Waals surface area contributed by atoms with Gasteiger partial charge in [-0.15, -0.1) is 0 Å². The maximum atomic E-state index is 11.2. The Bertz CT molecular complexity index is 387. The van der Waals surface area contributed by atoms with Crippen molar-refractivity contribution in [2.24, 2.45) is 0 Å². The molecule has 0 bridgehead atoms.